The molecule has 0 bridgehead atoms. The van der Waals surface area contributed by atoms with Gasteiger partial charge in [0.2, 0.25) is 0 Å². The van der Waals surface area contributed by atoms with Gasteiger partial charge in [-0.1, -0.05) is 0 Å². The van der Waals surface area contributed by atoms with Gasteiger partial charge in [-0.2, -0.15) is 5.10 Å². The molecule has 0 aliphatic carbocycles. The summed E-state index contributed by atoms with van der Waals surface area (Å²) in [4.78, 5) is 0. The summed E-state index contributed by atoms with van der Waals surface area (Å²) in [5.41, 5.74) is 8.95. The van der Waals surface area contributed by atoms with Crippen LogP contribution in [0.2, 0.25) is 0 Å². The van der Waals surface area contributed by atoms with Crippen LogP contribution in [0.15, 0.2) is 24.3 Å². The van der Waals surface area contributed by atoms with Crippen LogP contribution in [0.5, 0.6) is 5.75 Å². The van der Waals surface area contributed by atoms with Gasteiger partial charge in [0.25, 0.3) is 0 Å². The highest BCUT2D eigenvalue weighted by molar-refractivity contribution is 5.68. The van der Waals surface area contributed by atoms with Crippen LogP contribution in [-0.2, 0) is 7.05 Å². The minimum atomic E-state index is 0.580. The van der Waals surface area contributed by atoms with Gasteiger partial charge in [-0.05, 0) is 38.1 Å². The lowest BCUT2D eigenvalue weighted by molar-refractivity contribution is 0.340. The summed E-state index contributed by atoms with van der Waals surface area (Å²) in [7, 11) is 1.90. The molecule has 4 nitrogen and oxygen atoms in total. The summed E-state index contributed by atoms with van der Waals surface area (Å²) in [5, 5.41) is 4.21. The van der Waals surface area contributed by atoms with Gasteiger partial charge in [-0.25, -0.2) is 0 Å². The van der Waals surface area contributed by atoms with Gasteiger partial charge >= 0.3 is 0 Å². The maximum Gasteiger partial charge on any atom is 0.148 e. The summed E-state index contributed by atoms with van der Waals surface area (Å²) in [6.07, 6.45) is 0. The van der Waals surface area contributed by atoms with Crippen LogP contribution in [0.3, 0.4) is 0 Å². The first-order chi connectivity index (χ1) is 8.13. The molecule has 90 valence electrons. The largest absolute Gasteiger partial charge is 0.494 e. The average Bonchev–Trinajstić information content (AvgIpc) is 2.55. The maximum absolute atomic E-state index is 5.80. The monoisotopic (exact) mass is 231 g/mol. The highest BCUT2D eigenvalue weighted by Gasteiger charge is 2.11. The van der Waals surface area contributed by atoms with Crippen LogP contribution in [-0.4, -0.2) is 16.4 Å². The van der Waals surface area contributed by atoms with Crippen LogP contribution < -0.4 is 10.5 Å². The molecule has 0 saturated heterocycles. The van der Waals surface area contributed by atoms with Crippen molar-refractivity contribution in [1.29, 1.82) is 0 Å². The van der Waals surface area contributed by atoms with Crippen LogP contribution in [0, 0.1) is 6.92 Å². The number of ether oxygens (including phenoxy) is 1. The number of aromatic nitrogens is 2. The third kappa shape index (κ3) is 2.11. The Hall–Kier alpha value is -1.97. The predicted molar refractivity (Wildman–Crippen MR) is 69.0 cm³/mol. The minimum Gasteiger partial charge on any atom is -0.494 e. The van der Waals surface area contributed by atoms with Crippen LogP contribution >= 0.6 is 0 Å². The Morgan fingerprint density at radius 1 is 1.29 bits per heavy atom. The van der Waals surface area contributed by atoms with Gasteiger partial charge < -0.3 is 10.5 Å². The van der Waals surface area contributed by atoms with E-state index in [1.807, 2.05) is 45.2 Å². The number of rotatable bonds is 3. The maximum atomic E-state index is 5.80. The van der Waals surface area contributed by atoms with Gasteiger partial charge in [0, 0.05) is 18.2 Å². The Kier molecular flexibility index (Phi) is 3.04. The highest BCUT2D eigenvalue weighted by Crippen LogP contribution is 2.27. The molecule has 0 spiro atoms. The Morgan fingerprint density at radius 2 is 1.94 bits per heavy atom. The van der Waals surface area contributed by atoms with Crippen molar-refractivity contribution in [3.8, 4) is 17.0 Å². The molecule has 1 heterocycles. The van der Waals surface area contributed by atoms with Crippen molar-refractivity contribution < 1.29 is 4.74 Å². The third-order valence-electron chi connectivity index (χ3n) is 2.76. The van der Waals surface area contributed by atoms with E-state index in [-0.39, 0.29) is 0 Å². The fourth-order valence-corrected chi connectivity index (χ4v) is 1.93. The molecule has 0 saturated carbocycles. The van der Waals surface area contributed by atoms with Gasteiger partial charge in [-0.3, -0.25) is 4.68 Å². The van der Waals surface area contributed by atoms with Gasteiger partial charge in [0.05, 0.1) is 12.3 Å². The van der Waals surface area contributed by atoms with Crippen LogP contribution in [0.4, 0.5) is 5.82 Å². The first-order valence-corrected chi connectivity index (χ1v) is 5.65. The van der Waals surface area contributed by atoms with E-state index < -0.39 is 0 Å². The molecule has 0 radical (unpaired) electrons. The van der Waals surface area contributed by atoms with Crippen molar-refractivity contribution in [2.24, 2.45) is 7.05 Å². The molecule has 2 aromatic rings. The lowest BCUT2D eigenvalue weighted by Crippen LogP contribution is -1.95. The van der Waals surface area contributed by atoms with E-state index in [1.165, 1.54) is 0 Å². The Labute approximate surface area is 101 Å². The molecule has 0 aliphatic heterocycles. The molecular weight excluding hydrogens is 214 g/mol. The standard InChI is InChI=1S/C13H17N3O/c1-4-17-11-7-5-10(6-8-11)12-9(2)13(14)15-16(12)3/h5-8H,4H2,1-3H3,(H2,14,15). The summed E-state index contributed by atoms with van der Waals surface area (Å²) in [6.45, 7) is 4.63. The van der Waals surface area contributed by atoms with Crippen molar-refractivity contribution in [3.63, 3.8) is 0 Å². The molecule has 1 aromatic heterocycles. The number of aryl methyl sites for hydroxylation is 1. The van der Waals surface area contributed by atoms with Gasteiger partial charge in [0.15, 0.2) is 0 Å². The second-order valence-electron chi connectivity index (χ2n) is 3.94. The number of benzene rings is 1. The highest BCUT2D eigenvalue weighted by atomic mass is 16.5. The van der Waals surface area contributed by atoms with E-state index in [9.17, 15) is 0 Å². The molecule has 0 amide bonds. The summed E-state index contributed by atoms with van der Waals surface area (Å²) in [6, 6.07) is 7.96. The summed E-state index contributed by atoms with van der Waals surface area (Å²) in [5.74, 6) is 1.46. The molecule has 17 heavy (non-hydrogen) atoms. The number of nitrogen functional groups attached to an aromatic ring is 1. The van der Waals surface area contributed by atoms with Crippen LogP contribution in [0.1, 0.15) is 12.5 Å². The van der Waals surface area contributed by atoms with E-state index >= 15 is 0 Å². The zero-order chi connectivity index (χ0) is 12.4. The number of hydrogen-bond acceptors (Lipinski definition) is 3. The topological polar surface area (TPSA) is 53.1 Å². The molecule has 4 heteroatoms. The number of nitrogens with two attached hydrogens (primary N) is 1. The summed E-state index contributed by atoms with van der Waals surface area (Å²) < 4.78 is 7.22. The SMILES string of the molecule is CCOc1ccc(-c2c(C)c(N)nn2C)cc1. The Balaban J connectivity index is 2.39. The molecular formula is C13H17N3O. The number of nitrogens with zero attached hydrogens (tertiary/aromatic N) is 2. The predicted octanol–water partition coefficient (Wildman–Crippen LogP) is 2.38. The van der Waals surface area contributed by atoms with Crippen molar-refractivity contribution in [3.05, 3.63) is 29.8 Å². The molecule has 0 atom stereocenters. The summed E-state index contributed by atoms with van der Waals surface area (Å²) >= 11 is 0. The Morgan fingerprint density at radius 3 is 2.41 bits per heavy atom. The van der Waals surface area contributed by atoms with E-state index in [0.717, 1.165) is 22.6 Å². The van der Waals surface area contributed by atoms with Crippen molar-refractivity contribution in [1.82, 2.24) is 9.78 Å². The molecule has 2 rings (SSSR count). The molecule has 0 fully saturated rings. The average molecular weight is 231 g/mol. The first kappa shape index (κ1) is 11.5. The molecule has 0 aliphatic rings. The van der Waals surface area contributed by atoms with E-state index in [0.29, 0.717) is 12.4 Å². The minimum absolute atomic E-state index is 0.580. The number of anilines is 1. The Bertz CT molecular complexity index is 514. The molecule has 2 N–H and O–H groups in total. The van der Waals surface area contributed by atoms with Crippen LogP contribution in [0.25, 0.3) is 11.3 Å². The van der Waals surface area contributed by atoms with E-state index in [4.69, 9.17) is 10.5 Å². The fourth-order valence-electron chi connectivity index (χ4n) is 1.93. The van der Waals surface area contributed by atoms with E-state index in [1.54, 1.807) is 4.68 Å². The van der Waals surface area contributed by atoms with E-state index in [2.05, 4.69) is 5.10 Å². The molecule has 0 unspecified atom stereocenters. The first-order valence-electron chi connectivity index (χ1n) is 5.65. The zero-order valence-electron chi connectivity index (χ0n) is 10.4. The van der Waals surface area contributed by atoms with Crippen molar-refractivity contribution in [2.45, 2.75) is 13.8 Å². The second kappa shape index (κ2) is 4.49. The molecule has 1 aromatic carbocycles. The third-order valence-corrected chi connectivity index (χ3v) is 2.76. The lowest BCUT2D eigenvalue weighted by atomic mass is 10.1. The second-order valence-corrected chi connectivity index (χ2v) is 3.94. The number of hydrogen-bond donors (Lipinski definition) is 1. The fraction of sp³-hybridized carbons (Fsp3) is 0.308. The lowest BCUT2D eigenvalue weighted by Gasteiger charge is -2.06. The quantitative estimate of drug-likeness (QED) is 0.882. The smallest absolute Gasteiger partial charge is 0.148 e. The van der Waals surface area contributed by atoms with Gasteiger partial charge in [0.1, 0.15) is 11.6 Å². The van der Waals surface area contributed by atoms with Gasteiger partial charge in [-0.15, -0.1) is 0 Å². The van der Waals surface area contributed by atoms with Crippen molar-refractivity contribution in [2.75, 3.05) is 12.3 Å². The zero-order valence-corrected chi connectivity index (χ0v) is 10.4. The van der Waals surface area contributed by atoms with Crippen molar-refractivity contribution >= 4 is 5.82 Å². The normalized spacial score (nSPS) is 10.5.